The number of benzene rings is 2. The van der Waals surface area contributed by atoms with Crippen molar-refractivity contribution in [3.8, 4) is 17.2 Å². The highest BCUT2D eigenvalue weighted by Gasteiger charge is 2.51. The van der Waals surface area contributed by atoms with Crippen LogP contribution in [0.15, 0.2) is 42.5 Å². The third-order valence-corrected chi connectivity index (χ3v) is 7.21. The molecule has 3 heterocycles. The van der Waals surface area contributed by atoms with E-state index in [1.807, 2.05) is 11.0 Å². The summed E-state index contributed by atoms with van der Waals surface area (Å²) >= 11 is 0. The number of fused-ring (bicyclic) bond motifs is 4. The molecule has 2 fully saturated rings. The number of aromatic hydroxyl groups is 1. The number of ether oxygens (including phenoxy) is 3. The summed E-state index contributed by atoms with van der Waals surface area (Å²) in [7, 11) is 0. The van der Waals surface area contributed by atoms with Crippen LogP contribution < -0.4 is 9.47 Å². The van der Waals surface area contributed by atoms with E-state index in [2.05, 4.69) is 13.8 Å². The van der Waals surface area contributed by atoms with Crippen LogP contribution >= 0.6 is 0 Å². The Kier molecular flexibility index (Phi) is 5.64. The van der Waals surface area contributed by atoms with Gasteiger partial charge in [0.2, 0.25) is 0 Å². The van der Waals surface area contributed by atoms with E-state index < -0.39 is 18.2 Å². The van der Waals surface area contributed by atoms with Crippen molar-refractivity contribution in [3.63, 3.8) is 0 Å². The van der Waals surface area contributed by atoms with E-state index in [4.69, 9.17) is 19.3 Å². The second-order valence-corrected chi connectivity index (χ2v) is 9.88. The maximum Gasteiger partial charge on any atom is 0.341 e. The first-order valence-electron chi connectivity index (χ1n) is 11.6. The molecule has 0 aliphatic carbocycles. The Morgan fingerprint density at radius 1 is 1.21 bits per heavy atom. The van der Waals surface area contributed by atoms with Crippen molar-refractivity contribution in [3.05, 3.63) is 53.6 Å². The van der Waals surface area contributed by atoms with Crippen LogP contribution in [0.2, 0.25) is 0 Å². The van der Waals surface area contributed by atoms with Crippen LogP contribution in [-0.2, 0) is 9.53 Å². The highest BCUT2D eigenvalue weighted by molar-refractivity contribution is 5.94. The van der Waals surface area contributed by atoms with Gasteiger partial charge in [0.05, 0.1) is 12.2 Å². The van der Waals surface area contributed by atoms with Crippen molar-refractivity contribution in [2.24, 2.45) is 11.8 Å². The molecule has 0 saturated carbocycles. The lowest BCUT2D eigenvalue weighted by atomic mass is 9.70. The topological polar surface area (TPSA) is 106 Å². The van der Waals surface area contributed by atoms with Gasteiger partial charge in [-0.25, -0.2) is 4.79 Å². The zero-order valence-corrected chi connectivity index (χ0v) is 19.3. The molecule has 0 radical (unpaired) electrons. The Morgan fingerprint density at radius 2 is 2.03 bits per heavy atom. The normalized spacial score (nSPS) is 26.9. The summed E-state index contributed by atoms with van der Waals surface area (Å²) in [6, 6.07) is 11.9. The molecule has 8 nitrogen and oxygen atoms in total. The van der Waals surface area contributed by atoms with Gasteiger partial charge < -0.3 is 29.3 Å². The lowest BCUT2D eigenvalue weighted by Crippen LogP contribution is -2.56. The molecule has 1 amide bonds. The van der Waals surface area contributed by atoms with E-state index in [-0.39, 0.29) is 35.7 Å². The van der Waals surface area contributed by atoms with Gasteiger partial charge in [-0.15, -0.1) is 0 Å². The molecule has 34 heavy (non-hydrogen) atoms. The molecule has 0 bridgehead atoms. The van der Waals surface area contributed by atoms with Crippen LogP contribution in [0.5, 0.6) is 17.2 Å². The quantitative estimate of drug-likeness (QED) is 0.707. The fraction of sp³-hybridized carbons (Fsp3) is 0.462. The SMILES string of the molecule is CC1(C)Oc2cc(O)ccc2[C@H]2O[C@H]3CCN(C(=O)c4cccc(OCC(=O)O)c4)C[C@@H]3C[C@@H]21. The van der Waals surface area contributed by atoms with Gasteiger partial charge >= 0.3 is 5.97 Å². The number of carboxylic acids is 1. The number of rotatable bonds is 4. The summed E-state index contributed by atoms with van der Waals surface area (Å²) in [4.78, 5) is 25.9. The van der Waals surface area contributed by atoms with Gasteiger partial charge in [-0.2, -0.15) is 0 Å². The van der Waals surface area contributed by atoms with Crippen molar-refractivity contribution in [1.82, 2.24) is 4.90 Å². The van der Waals surface area contributed by atoms with Gasteiger partial charge in [-0.3, -0.25) is 4.79 Å². The van der Waals surface area contributed by atoms with E-state index in [1.165, 1.54) is 0 Å². The number of carbonyl (C=O) groups is 2. The Balaban J connectivity index is 1.31. The van der Waals surface area contributed by atoms with Gasteiger partial charge in [0.1, 0.15) is 22.8 Å². The Labute approximate surface area is 198 Å². The third kappa shape index (κ3) is 4.18. The molecule has 0 unspecified atom stereocenters. The molecular formula is C26H29NO7. The standard InChI is InChI=1S/C26H29NO7/c1-26(2)20-11-16-13-27(25(31)15-4-3-5-18(10-15)32-14-23(29)30)9-8-21(16)33-24(20)19-7-6-17(28)12-22(19)34-26/h3-7,10,12,16,20-21,24,28H,8-9,11,13-14H2,1-2H3,(H,29,30)/t16-,20-,21-,24+/m0/s1. The van der Waals surface area contributed by atoms with Crippen LogP contribution in [0.3, 0.4) is 0 Å². The second kappa shape index (κ2) is 8.51. The Bertz CT molecular complexity index is 1110. The smallest absolute Gasteiger partial charge is 0.341 e. The molecule has 3 aliphatic heterocycles. The minimum Gasteiger partial charge on any atom is -0.508 e. The molecule has 2 N–H and O–H groups in total. The van der Waals surface area contributed by atoms with Crippen molar-refractivity contribution >= 4 is 11.9 Å². The lowest BCUT2D eigenvalue weighted by Gasteiger charge is -2.53. The number of piperidine rings is 1. The summed E-state index contributed by atoms with van der Waals surface area (Å²) in [5, 5.41) is 18.7. The molecule has 0 aromatic heterocycles. The van der Waals surface area contributed by atoms with Crippen LogP contribution in [0.1, 0.15) is 48.7 Å². The third-order valence-electron chi connectivity index (χ3n) is 7.21. The largest absolute Gasteiger partial charge is 0.508 e. The van der Waals surface area contributed by atoms with Crippen molar-refractivity contribution in [1.29, 1.82) is 0 Å². The molecule has 8 heteroatoms. The predicted molar refractivity (Wildman–Crippen MR) is 122 cm³/mol. The van der Waals surface area contributed by atoms with E-state index in [0.717, 1.165) is 18.4 Å². The average Bonchev–Trinajstić information content (AvgIpc) is 2.81. The Hall–Kier alpha value is -3.26. The summed E-state index contributed by atoms with van der Waals surface area (Å²) in [6.45, 7) is 4.82. The molecule has 2 aromatic carbocycles. The highest BCUT2D eigenvalue weighted by Crippen LogP contribution is 2.53. The van der Waals surface area contributed by atoms with Gasteiger partial charge in [0, 0.05) is 42.1 Å². The monoisotopic (exact) mass is 467 g/mol. The molecule has 2 aromatic rings. The number of carboxylic acid groups (broad SMARTS) is 1. The van der Waals surface area contributed by atoms with Crippen molar-refractivity contribution in [2.75, 3.05) is 19.7 Å². The number of phenolic OH excluding ortho intramolecular Hbond substituents is 1. The second-order valence-electron chi connectivity index (χ2n) is 9.88. The first-order valence-corrected chi connectivity index (χ1v) is 11.6. The van der Waals surface area contributed by atoms with E-state index >= 15 is 0 Å². The maximum atomic E-state index is 13.2. The molecule has 4 atom stereocenters. The molecule has 2 saturated heterocycles. The summed E-state index contributed by atoms with van der Waals surface area (Å²) < 4.78 is 18.1. The minimum atomic E-state index is -1.07. The zero-order chi connectivity index (χ0) is 24.0. The van der Waals surface area contributed by atoms with Crippen LogP contribution in [0.4, 0.5) is 0 Å². The zero-order valence-electron chi connectivity index (χ0n) is 19.3. The van der Waals surface area contributed by atoms with Gasteiger partial charge in [-0.1, -0.05) is 6.07 Å². The van der Waals surface area contributed by atoms with Crippen molar-refractivity contribution in [2.45, 2.75) is 44.5 Å². The van der Waals surface area contributed by atoms with E-state index in [9.17, 15) is 14.7 Å². The molecular weight excluding hydrogens is 438 g/mol. The first kappa shape index (κ1) is 22.5. The fourth-order valence-corrected chi connectivity index (χ4v) is 5.52. The number of nitrogens with zero attached hydrogens (tertiary/aromatic N) is 1. The van der Waals surface area contributed by atoms with Gasteiger partial charge in [0.25, 0.3) is 5.91 Å². The number of aliphatic carboxylic acids is 1. The number of hydrogen-bond acceptors (Lipinski definition) is 6. The summed E-state index contributed by atoms with van der Waals surface area (Å²) in [5.41, 5.74) is 0.974. The minimum absolute atomic E-state index is 0.0473. The van der Waals surface area contributed by atoms with Crippen LogP contribution in [0, 0.1) is 11.8 Å². The number of likely N-dealkylation sites (tertiary alicyclic amines) is 1. The van der Waals surface area contributed by atoms with Gasteiger partial charge in [0.15, 0.2) is 6.61 Å². The fourth-order valence-electron chi connectivity index (χ4n) is 5.52. The maximum absolute atomic E-state index is 13.2. The number of carbonyl (C=O) groups excluding carboxylic acids is 1. The number of phenols is 1. The van der Waals surface area contributed by atoms with Crippen LogP contribution in [0.25, 0.3) is 0 Å². The molecule has 180 valence electrons. The van der Waals surface area contributed by atoms with E-state index in [1.54, 1.807) is 36.4 Å². The summed E-state index contributed by atoms with van der Waals surface area (Å²) in [5.74, 6) is 0.344. The highest BCUT2D eigenvalue weighted by atomic mass is 16.5. The van der Waals surface area contributed by atoms with Gasteiger partial charge in [-0.05, 0) is 57.0 Å². The first-order chi connectivity index (χ1) is 16.2. The van der Waals surface area contributed by atoms with E-state index in [0.29, 0.717) is 30.2 Å². The molecule has 0 spiro atoms. The summed E-state index contributed by atoms with van der Waals surface area (Å²) in [6.07, 6.45) is 1.55. The number of amides is 1. The van der Waals surface area contributed by atoms with Crippen molar-refractivity contribution < 1.29 is 34.0 Å². The number of hydrogen-bond donors (Lipinski definition) is 2. The Morgan fingerprint density at radius 3 is 2.82 bits per heavy atom. The molecule has 5 rings (SSSR count). The lowest BCUT2D eigenvalue weighted by molar-refractivity contribution is -0.184. The predicted octanol–water partition coefficient (Wildman–Crippen LogP) is 3.64. The average molecular weight is 468 g/mol. The van der Waals surface area contributed by atoms with Crippen LogP contribution in [-0.4, -0.2) is 58.4 Å². The molecule has 3 aliphatic rings.